The second kappa shape index (κ2) is 8.26. The Labute approximate surface area is 146 Å². The fourth-order valence-corrected chi connectivity index (χ4v) is 3.33. The first kappa shape index (κ1) is 18.4. The highest BCUT2D eigenvalue weighted by atomic mass is 32.1. The van der Waals surface area contributed by atoms with Crippen LogP contribution in [0.25, 0.3) is 10.6 Å². The molecule has 0 spiro atoms. The number of methoxy groups -OCH3 is 1. The molecule has 2 N–H and O–H groups in total. The molecule has 1 heterocycles. The van der Waals surface area contributed by atoms with Gasteiger partial charge in [0.15, 0.2) is 0 Å². The standard InChI is InChI=1S/C18H24N2O3S/c1-5-11(2)15(10-21)20-17(22)16-12(3)19-18(24-16)13-6-8-14(23-4)9-7-13/h6-9,11,15,21H,5,10H2,1-4H3,(H,20,22). The molecule has 1 amide bonds. The van der Waals surface area contributed by atoms with Crippen LogP contribution >= 0.6 is 11.3 Å². The molecule has 0 aliphatic rings. The number of benzene rings is 1. The maximum absolute atomic E-state index is 12.5. The number of aliphatic hydroxyl groups excluding tert-OH is 1. The third-order valence-electron chi connectivity index (χ3n) is 4.18. The van der Waals surface area contributed by atoms with E-state index in [1.807, 2.05) is 45.0 Å². The van der Waals surface area contributed by atoms with Crippen LogP contribution in [0.3, 0.4) is 0 Å². The number of aliphatic hydroxyl groups is 1. The number of aromatic nitrogens is 1. The van der Waals surface area contributed by atoms with Gasteiger partial charge in [-0.05, 0) is 37.1 Å². The van der Waals surface area contributed by atoms with Crippen molar-refractivity contribution in [3.8, 4) is 16.3 Å². The average Bonchev–Trinajstić information content (AvgIpc) is 3.00. The number of ether oxygens (including phenoxy) is 1. The van der Waals surface area contributed by atoms with Crippen molar-refractivity contribution in [2.24, 2.45) is 5.92 Å². The highest BCUT2D eigenvalue weighted by molar-refractivity contribution is 7.17. The summed E-state index contributed by atoms with van der Waals surface area (Å²) >= 11 is 1.36. The molecule has 2 rings (SSSR count). The largest absolute Gasteiger partial charge is 0.497 e. The van der Waals surface area contributed by atoms with E-state index in [2.05, 4.69) is 10.3 Å². The summed E-state index contributed by atoms with van der Waals surface area (Å²) in [6, 6.07) is 7.35. The minimum atomic E-state index is -0.242. The van der Waals surface area contributed by atoms with E-state index in [-0.39, 0.29) is 24.5 Å². The number of carbonyl (C=O) groups excluding carboxylic acids is 1. The molecule has 6 heteroatoms. The number of hydrogen-bond donors (Lipinski definition) is 2. The lowest BCUT2D eigenvalue weighted by molar-refractivity contribution is 0.0894. The van der Waals surface area contributed by atoms with E-state index in [0.717, 1.165) is 22.7 Å². The predicted molar refractivity (Wildman–Crippen MR) is 96.6 cm³/mol. The summed E-state index contributed by atoms with van der Waals surface area (Å²) < 4.78 is 5.16. The smallest absolute Gasteiger partial charge is 0.263 e. The Hall–Kier alpha value is -1.92. The van der Waals surface area contributed by atoms with E-state index >= 15 is 0 Å². The number of hydrogen-bond acceptors (Lipinski definition) is 5. The molecule has 2 unspecified atom stereocenters. The SMILES string of the molecule is CCC(C)C(CO)NC(=O)c1sc(-c2ccc(OC)cc2)nc1C. The first-order valence-electron chi connectivity index (χ1n) is 8.03. The first-order valence-corrected chi connectivity index (χ1v) is 8.85. The maximum Gasteiger partial charge on any atom is 0.263 e. The number of carbonyl (C=O) groups is 1. The third kappa shape index (κ3) is 4.13. The van der Waals surface area contributed by atoms with Gasteiger partial charge in [0.1, 0.15) is 15.6 Å². The molecule has 2 atom stereocenters. The second-order valence-corrected chi connectivity index (χ2v) is 6.81. The number of amides is 1. The lowest BCUT2D eigenvalue weighted by atomic mass is 10.00. The Kier molecular flexibility index (Phi) is 6.34. The molecular formula is C18H24N2O3S. The summed E-state index contributed by atoms with van der Waals surface area (Å²) in [6.07, 6.45) is 0.893. The van der Waals surface area contributed by atoms with Crippen molar-refractivity contribution in [1.29, 1.82) is 0 Å². The van der Waals surface area contributed by atoms with Gasteiger partial charge >= 0.3 is 0 Å². The van der Waals surface area contributed by atoms with Crippen LogP contribution in [-0.2, 0) is 0 Å². The molecule has 0 fully saturated rings. The van der Waals surface area contributed by atoms with Crippen molar-refractivity contribution in [1.82, 2.24) is 10.3 Å². The van der Waals surface area contributed by atoms with Gasteiger partial charge in [-0.3, -0.25) is 4.79 Å². The van der Waals surface area contributed by atoms with Gasteiger partial charge in [-0.2, -0.15) is 0 Å². The number of nitrogens with one attached hydrogen (secondary N) is 1. The Morgan fingerprint density at radius 1 is 1.38 bits per heavy atom. The Balaban J connectivity index is 2.19. The van der Waals surface area contributed by atoms with Crippen LogP contribution in [0, 0.1) is 12.8 Å². The number of nitrogens with zero attached hydrogens (tertiary/aromatic N) is 1. The zero-order chi connectivity index (χ0) is 17.7. The molecule has 2 aromatic rings. The summed E-state index contributed by atoms with van der Waals surface area (Å²) in [5.41, 5.74) is 1.65. The molecule has 1 aromatic heterocycles. The molecule has 0 saturated heterocycles. The third-order valence-corrected chi connectivity index (χ3v) is 5.39. The van der Waals surface area contributed by atoms with Crippen LogP contribution in [0.2, 0.25) is 0 Å². The van der Waals surface area contributed by atoms with Crippen molar-refractivity contribution < 1.29 is 14.6 Å². The minimum Gasteiger partial charge on any atom is -0.497 e. The molecule has 0 radical (unpaired) electrons. The normalized spacial score (nSPS) is 13.4. The predicted octanol–water partition coefficient (Wildman–Crippen LogP) is 3.26. The Morgan fingerprint density at radius 2 is 2.04 bits per heavy atom. The van der Waals surface area contributed by atoms with Crippen LogP contribution in [0.15, 0.2) is 24.3 Å². The van der Waals surface area contributed by atoms with Gasteiger partial charge in [0.05, 0.1) is 25.5 Å². The van der Waals surface area contributed by atoms with E-state index in [4.69, 9.17) is 4.74 Å². The summed E-state index contributed by atoms with van der Waals surface area (Å²) in [6.45, 7) is 5.82. The quantitative estimate of drug-likeness (QED) is 0.806. The topological polar surface area (TPSA) is 71.5 Å². The van der Waals surface area contributed by atoms with Gasteiger partial charge in [-0.15, -0.1) is 11.3 Å². The number of aryl methyl sites for hydroxylation is 1. The van der Waals surface area contributed by atoms with E-state index in [0.29, 0.717) is 10.6 Å². The van der Waals surface area contributed by atoms with E-state index < -0.39 is 0 Å². The molecule has 130 valence electrons. The summed E-state index contributed by atoms with van der Waals surface area (Å²) in [5.74, 6) is 0.821. The molecular weight excluding hydrogens is 324 g/mol. The van der Waals surface area contributed by atoms with Crippen LogP contribution in [0.5, 0.6) is 5.75 Å². The second-order valence-electron chi connectivity index (χ2n) is 5.81. The minimum absolute atomic E-state index is 0.0655. The molecule has 24 heavy (non-hydrogen) atoms. The summed E-state index contributed by atoms with van der Waals surface area (Å²) in [5, 5.41) is 13.2. The fourth-order valence-electron chi connectivity index (χ4n) is 2.35. The fraction of sp³-hybridized carbons (Fsp3) is 0.444. The maximum atomic E-state index is 12.5. The van der Waals surface area contributed by atoms with Gasteiger partial charge < -0.3 is 15.2 Å². The summed E-state index contributed by atoms with van der Waals surface area (Å²) in [7, 11) is 1.62. The van der Waals surface area contributed by atoms with E-state index in [9.17, 15) is 9.90 Å². The molecule has 0 saturated carbocycles. The van der Waals surface area contributed by atoms with Crippen LogP contribution in [-0.4, -0.2) is 35.8 Å². The highest BCUT2D eigenvalue weighted by Crippen LogP contribution is 2.29. The molecule has 0 aliphatic carbocycles. The van der Waals surface area contributed by atoms with Crippen molar-refractivity contribution in [2.45, 2.75) is 33.2 Å². The molecule has 5 nitrogen and oxygen atoms in total. The van der Waals surface area contributed by atoms with Crippen molar-refractivity contribution >= 4 is 17.2 Å². The van der Waals surface area contributed by atoms with Gasteiger partial charge in [0, 0.05) is 5.56 Å². The van der Waals surface area contributed by atoms with Gasteiger partial charge in [0.2, 0.25) is 0 Å². The number of thiazole rings is 1. The Morgan fingerprint density at radius 3 is 2.58 bits per heavy atom. The molecule has 1 aromatic carbocycles. The first-order chi connectivity index (χ1) is 11.5. The Bertz CT molecular complexity index is 682. The summed E-state index contributed by atoms with van der Waals surface area (Å²) in [4.78, 5) is 17.6. The van der Waals surface area contributed by atoms with Crippen LogP contribution in [0.1, 0.15) is 35.6 Å². The van der Waals surface area contributed by atoms with Gasteiger partial charge in [-0.25, -0.2) is 4.98 Å². The zero-order valence-electron chi connectivity index (χ0n) is 14.5. The monoisotopic (exact) mass is 348 g/mol. The zero-order valence-corrected chi connectivity index (χ0v) is 15.3. The number of rotatable bonds is 7. The van der Waals surface area contributed by atoms with Crippen molar-refractivity contribution in [2.75, 3.05) is 13.7 Å². The molecule has 0 aliphatic heterocycles. The van der Waals surface area contributed by atoms with Crippen molar-refractivity contribution in [3.05, 3.63) is 34.8 Å². The van der Waals surface area contributed by atoms with E-state index in [1.165, 1.54) is 11.3 Å². The average molecular weight is 348 g/mol. The lowest BCUT2D eigenvalue weighted by Gasteiger charge is -2.21. The molecule has 0 bridgehead atoms. The lowest BCUT2D eigenvalue weighted by Crippen LogP contribution is -2.41. The van der Waals surface area contributed by atoms with Crippen LogP contribution in [0.4, 0.5) is 0 Å². The van der Waals surface area contributed by atoms with Crippen LogP contribution < -0.4 is 10.1 Å². The van der Waals surface area contributed by atoms with Gasteiger partial charge in [0.25, 0.3) is 5.91 Å². The highest BCUT2D eigenvalue weighted by Gasteiger charge is 2.22. The van der Waals surface area contributed by atoms with Gasteiger partial charge in [-0.1, -0.05) is 20.3 Å². The van der Waals surface area contributed by atoms with Crippen molar-refractivity contribution in [3.63, 3.8) is 0 Å². The van der Waals surface area contributed by atoms with E-state index in [1.54, 1.807) is 7.11 Å².